The zero-order valence-electron chi connectivity index (χ0n) is 11.0. The fraction of sp³-hybridized carbons (Fsp3) is 0.600. The molecule has 1 aromatic carbocycles. The van der Waals surface area contributed by atoms with Gasteiger partial charge < -0.3 is 4.90 Å². The topological polar surface area (TPSA) is 20.3 Å². The summed E-state index contributed by atoms with van der Waals surface area (Å²) in [6, 6.07) is 9.80. The van der Waals surface area contributed by atoms with Gasteiger partial charge in [0.15, 0.2) is 0 Å². The molecule has 0 amide bonds. The highest BCUT2D eigenvalue weighted by molar-refractivity contribution is 7.85. The minimum Gasteiger partial charge on any atom is -0.303 e. The summed E-state index contributed by atoms with van der Waals surface area (Å²) in [5, 5.41) is 0. The number of hydrogen-bond acceptors (Lipinski definition) is 2. The third-order valence-corrected chi connectivity index (χ3v) is 4.97. The number of benzene rings is 1. The zero-order chi connectivity index (χ0) is 12.6. The molecule has 2 rings (SSSR count). The van der Waals surface area contributed by atoms with Gasteiger partial charge in [0.25, 0.3) is 0 Å². The van der Waals surface area contributed by atoms with Crippen molar-refractivity contribution < 1.29 is 4.21 Å². The summed E-state index contributed by atoms with van der Waals surface area (Å²) in [7, 11) is -0.802. The van der Waals surface area contributed by atoms with Crippen LogP contribution in [0.15, 0.2) is 35.2 Å². The van der Waals surface area contributed by atoms with Gasteiger partial charge in [-0.05, 0) is 57.5 Å². The first kappa shape index (κ1) is 13.8. The number of unbranched alkanes of at least 4 members (excludes halogenated alkanes) is 2. The van der Waals surface area contributed by atoms with Crippen LogP contribution in [0.1, 0.15) is 32.1 Å². The van der Waals surface area contributed by atoms with Crippen molar-refractivity contribution in [3.05, 3.63) is 30.3 Å². The Hall–Kier alpha value is -0.670. The van der Waals surface area contributed by atoms with Crippen LogP contribution >= 0.6 is 0 Å². The molecule has 0 bridgehead atoms. The molecule has 0 aromatic heterocycles. The van der Waals surface area contributed by atoms with Crippen LogP contribution in [0, 0.1) is 0 Å². The van der Waals surface area contributed by atoms with Crippen molar-refractivity contribution in [2.75, 3.05) is 25.4 Å². The van der Waals surface area contributed by atoms with Gasteiger partial charge in [-0.25, -0.2) is 0 Å². The number of rotatable bonds is 7. The monoisotopic (exact) mass is 265 g/mol. The van der Waals surface area contributed by atoms with Crippen LogP contribution in [-0.2, 0) is 10.8 Å². The Morgan fingerprint density at radius 1 is 1.00 bits per heavy atom. The molecule has 1 aliphatic rings. The van der Waals surface area contributed by atoms with E-state index in [0.717, 1.165) is 17.1 Å². The Labute approximate surface area is 113 Å². The third-order valence-electron chi connectivity index (χ3n) is 3.51. The van der Waals surface area contributed by atoms with E-state index in [1.165, 1.54) is 45.3 Å². The van der Waals surface area contributed by atoms with Crippen molar-refractivity contribution in [3.63, 3.8) is 0 Å². The van der Waals surface area contributed by atoms with Gasteiger partial charge in [0.1, 0.15) is 0 Å². The van der Waals surface area contributed by atoms with Gasteiger partial charge in [-0.1, -0.05) is 24.6 Å². The summed E-state index contributed by atoms with van der Waals surface area (Å²) in [6.45, 7) is 3.81. The molecule has 0 radical (unpaired) electrons. The van der Waals surface area contributed by atoms with Crippen molar-refractivity contribution in [2.45, 2.75) is 37.0 Å². The molecule has 0 aliphatic carbocycles. The maximum absolute atomic E-state index is 12.0. The fourth-order valence-electron chi connectivity index (χ4n) is 2.44. The molecule has 3 heteroatoms. The Morgan fingerprint density at radius 3 is 2.44 bits per heavy atom. The van der Waals surface area contributed by atoms with Crippen LogP contribution in [0.3, 0.4) is 0 Å². The Morgan fingerprint density at radius 2 is 1.72 bits per heavy atom. The Kier molecular flexibility index (Phi) is 5.88. The lowest BCUT2D eigenvalue weighted by Crippen LogP contribution is -2.20. The molecule has 1 saturated heterocycles. The van der Waals surface area contributed by atoms with Crippen molar-refractivity contribution >= 4 is 10.8 Å². The van der Waals surface area contributed by atoms with E-state index in [1.54, 1.807) is 0 Å². The van der Waals surface area contributed by atoms with E-state index in [-0.39, 0.29) is 0 Å². The second-order valence-electron chi connectivity index (χ2n) is 4.97. The lowest BCUT2D eigenvalue weighted by atomic mass is 10.2. The highest BCUT2D eigenvalue weighted by atomic mass is 32.2. The standard InChI is InChI=1S/C15H23NOS/c17-18(15-9-3-1-4-10-15)14-8-2-5-11-16-12-6-7-13-16/h1,3-4,9-10H,2,5-8,11-14H2. The first-order valence-electron chi connectivity index (χ1n) is 7.02. The lowest BCUT2D eigenvalue weighted by molar-refractivity contribution is 0.329. The van der Waals surface area contributed by atoms with E-state index in [4.69, 9.17) is 0 Å². The average Bonchev–Trinajstić information content (AvgIpc) is 2.92. The Bertz CT molecular complexity index is 360. The lowest BCUT2D eigenvalue weighted by Gasteiger charge is -2.13. The normalized spacial score (nSPS) is 18.0. The summed E-state index contributed by atoms with van der Waals surface area (Å²) in [6.07, 6.45) is 6.28. The molecule has 1 atom stereocenters. The van der Waals surface area contributed by atoms with Crippen LogP contribution < -0.4 is 0 Å². The summed E-state index contributed by atoms with van der Waals surface area (Å²) >= 11 is 0. The molecule has 0 spiro atoms. The molecule has 18 heavy (non-hydrogen) atoms. The molecule has 0 saturated carbocycles. The molecule has 100 valence electrons. The molecule has 1 aromatic rings. The highest BCUT2D eigenvalue weighted by Crippen LogP contribution is 2.11. The van der Waals surface area contributed by atoms with Crippen molar-refractivity contribution in [2.24, 2.45) is 0 Å². The maximum Gasteiger partial charge on any atom is 0.0529 e. The fourth-order valence-corrected chi connectivity index (χ4v) is 3.60. The minimum absolute atomic E-state index is 0.802. The van der Waals surface area contributed by atoms with E-state index in [9.17, 15) is 4.21 Å². The van der Waals surface area contributed by atoms with E-state index in [2.05, 4.69) is 4.90 Å². The largest absolute Gasteiger partial charge is 0.303 e. The number of nitrogens with zero attached hydrogens (tertiary/aromatic N) is 1. The second kappa shape index (κ2) is 7.70. The van der Waals surface area contributed by atoms with Crippen LogP contribution in [0.4, 0.5) is 0 Å². The van der Waals surface area contributed by atoms with E-state index in [1.807, 2.05) is 30.3 Å². The van der Waals surface area contributed by atoms with Crippen molar-refractivity contribution in [1.82, 2.24) is 4.90 Å². The second-order valence-corrected chi connectivity index (χ2v) is 6.54. The van der Waals surface area contributed by atoms with Gasteiger partial charge in [0.05, 0.1) is 10.8 Å². The van der Waals surface area contributed by atoms with Crippen LogP contribution in [0.25, 0.3) is 0 Å². The quantitative estimate of drug-likeness (QED) is 0.706. The minimum atomic E-state index is -0.802. The first-order valence-corrected chi connectivity index (χ1v) is 8.34. The van der Waals surface area contributed by atoms with E-state index < -0.39 is 10.8 Å². The van der Waals surface area contributed by atoms with Gasteiger partial charge in [-0.15, -0.1) is 0 Å². The zero-order valence-corrected chi connectivity index (χ0v) is 11.8. The summed E-state index contributed by atoms with van der Waals surface area (Å²) < 4.78 is 12.0. The smallest absolute Gasteiger partial charge is 0.0529 e. The van der Waals surface area contributed by atoms with Crippen molar-refractivity contribution in [3.8, 4) is 0 Å². The summed E-state index contributed by atoms with van der Waals surface area (Å²) in [5.74, 6) is 0.810. The third kappa shape index (κ3) is 4.54. The molecule has 1 fully saturated rings. The molecular formula is C15H23NOS. The summed E-state index contributed by atoms with van der Waals surface area (Å²) in [4.78, 5) is 3.52. The molecule has 1 heterocycles. The maximum atomic E-state index is 12.0. The van der Waals surface area contributed by atoms with Gasteiger partial charge in [0, 0.05) is 10.6 Å². The molecule has 1 aliphatic heterocycles. The average molecular weight is 265 g/mol. The number of likely N-dealkylation sites (tertiary alicyclic amines) is 1. The molecule has 1 unspecified atom stereocenters. The Balaban J connectivity index is 1.56. The predicted molar refractivity (Wildman–Crippen MR) is 77.2 cm³/mol. The van der Waals surface area contributed by atoms with Crippen LogP contribution in [0.5, 0.6) is 0 Å². The summed E-state index contributed by atoms with van der Waals surface area (Å²) in [5.41, 5.74) is 0. The van der Waals surface area contributed by atoms with Gasteiger partial charge in [0.2, 0.25) is 0 Å². The molecule has 2 nitrogen and oxygen atoms in total. The highest BCUT2D eigenvalue weighted by Gasteiger charge is 2.10. The van der Waals surface area contributed by atoms with Gasteiger partial charge >= 0.3 is 0 Å². The van der Waals surface area contributed by atoms with E-state index >= 15 is 0 Å². The van der Waals surface area contributed by atoms with E-state index in [0.29, 0.717) is 0 Å². The predicted octanol–water partition coefficient (Wildman–Crippen LogP) is 3.06. The number of hydrogen-bond donors (Lipinski definition) is 0. The first-order chi connectivity index (χ1) is 8.86. The van der Waals surface area contributed by atoms with Gasteiger partial charge in [-0.2, -0.15) is 0 Å². The van der Waals surface area contributed by atoms with Crippen LogP contribution in [-0.4, -0.2) is 34.5 Å². The molecule has 0 N–H and O–H groups in total. The SMILES string of the molecule is O=S(CCCCCN1CCCC1)c1ccccc1. The van der Waals surface area contributed by atoms with Gasteiger partial charge in [-0.3, -0.25) is 4.21 Å². The van der Waals surface area contributed by atoms with Crippen LogP contribution in [0.2, 0.25) is 0 Å². The molecular weight excluding hydrogens is 242 g/mol. The van der Waals surface area contributed by atoms with Crippen molar-refractivity contribution in [1.29, 1.82) is 0 Å².